The van der Waals surface area contributed by atoms with E-state index in [1.165, 1.54) is 12.1 Å². The second-order valence-electron chi connectivity index (χ2n) is 3.43. The molecule has 14 heteroatoms. The molecule has 1 aliphatic heterocycles. The molecule has 0 N–H and O–H groups in total. The first-order chi connectivity index (χ1) is 9.13. The van der Waals surface area contributed by atoms with E-state index < -0.39 is 18.6 Å². The van der Waals surface area contributed by atoms with Crippen LogP contribution in [-0.2, 0) is 0 Å². The maximum Gasteiger partial charge on any atom is 0.350 e. The SMILES string of the molecule is C.C.C.C.O=Cc1ccc(OP2(Cl)=NP(Cl)(Cl)=NP(Cl)(Cl)=N2)cc1.P. The lowest BCUT2D eigenvalue weighted by molar-refractivity contribution is 0.112. The maximum atomic E-state index is 10.6. The van der Waals surface area contributed by atoms with E-state index in [0.29, 0.717) is 17.6 Å². The third-order valence-corrected chi connectivity index (χ3v) is 13.8. The molecule has 0 aromatic heterocycles. The quantitative estimate of drug-likeness (QED) is 0.288. The second kappa shape index (κ2) is 12.7. The number of halogens is 5. The molecule has 25 heavy (non-hydrogen) atoms. The lowest BCUT2D eigenvalue weighted by Gasteiger charge is -2.21. The summed E-state index contributed by atoms with van der Waals surface area (Å²) in [6.45, 7) is -3.24. The van der Waals surface area contributed by atoms with Crippen LogP contribution in [0.5, 0.6) is 5.75 Å². The van der Waals surface area contributed by atoms with Crippen LogP contribution in [0.1, 0.15) is 40.1 Å². The second-order valence-corrected chi connectivity index (χ2v) is 16.5. The first-order valence-electron chi connectivity index (χ1n) is 4.78. The molecule has 2 rings (SSSR count). The predicted octanol–water partition coefficient (Wildman–Crippen LogP) is 10.5. The first kappa shape index (κ1) is 33.8. The number of rotatable bonds is 3. The van der Waals surface area contributed by atoms with Gasteiger partial charge in [-0.3, -0.25) is 4.79 Å². The van der Waals surface area contributed by atoms with Crippen LogP contribution in [0.15, 0.2) is 37.8 Å². The summed E-state index contributed by atoms with van der Waals surface area (Å²) in [5.74, 6) is -5.88. The zero-order chi connectivity index (χ0) is 15.0. The fraction of sp³-hybridized carbons (Fsp3) is 0.364. The lowest BCUT2D eigenvalue weighted by Crippen LogP contribution is -1.87. The van der Waals surface area contributed by atoms with E-state index in [1.807, 2.05) is 0 Å². The average molecular weight is 531 g/mol. The maximum absolute atomic E-state index is 10.6. The standard InChI is InChI=1S/C7H5Cl5N3O2P3.4CH4.H3P/c8-18(9)13-19(10,11)15-20(12,14-18)17-7-3-1-6(5-16)2-4-7;;;;;/h1-5H;4*1H4;1H3. The summed E-state index contributed by atoms with van der Waals surface area (Å²) in [5.41, 5.74) is 0.486. The Labute approximate surface area is 178 Å². The van der Waals surface area contributed by atoms with E-state index in [1.54, 1.807) is 12.1 Å². The molecule has 0 fully saturated rings. The third-order valence-electron chi connectivity index (χ3n) is 1.89. The molecule has 0 spiro atoms. The van der Waals surface area contributed by atoms with Crippen molar-refractivity contribution in [2.24, 2.45) is 13.5 Å². The monoisotopic (exact) mass is 529 g/mol. The Morgan fingerprint density at radius 1 is 0.800 bits per heavy atom. The first-order valence-corrected chi connectivity index (χ1v) is 14.3. The Balaban J connectivity index is -0.000000441. The van der Waals surface area contributed by atoms with E-state index >= 15 is 0 Å². The zero-order valence-corrected chi connectivity index (χ0v) is 17.9. The van der Waals surface area contributed by atoms with Gasteiger partial charge < -0.3 is 4.52 Å². The fourth-order valence-corrected chi connectivity index (χ4v) is 17.8. The number of nitrogens with zero attached hydrogens (tertiary/aromatic N) is 3. The van der Waals surface area contributed by atoms with Gasteiger partial charge in [-0.05, 0) is 80.5 Å². The molecule has 2 unspecified atom stereocenters. The van der Waals surface area contributed by atoms with Crippen molar-refractivity contribution in [3.8, 4) is 5.75 Å². The van der Waals surface area contributed by atoms with Crippen LogP contribution in [-0.4, -0.2) is 6.29 Å². The van der Waals surface area contributed by atoms with E-state index in [-0.39, 0.29) is 39.6 Å². The molecule has 0 bridgehead atoms. The van der Waals surface area contributed by atoms with Crippen molar-refractivity contribution in [1.82, 2.24) is 0 Å². The normalized spacial score (nSPS) is 21.3. The van der Waals surface area contributed by atoms with Crippen molar-refractivity contribution >= 4 is 91.0 Å². The molecule has 1 aromatic rings. The molecule has 2 atom stereocenters. The number of hydrogen-bond acceptors (Lipinski definition) is 5. The molecule has 1 heterocycles. The fourth-order valence-electron chi connectivity index (χ4n) is 1.23. The minimum Gasteiger partial charge on any atom is -0.431 e. The highest BCUT2D eigenvalue weighted by molar-refractivity contribution is 8.22. The van der Waals surface area contributed by atoms with Crippen molar-refractivity contribution in [3.63, 3.8) is 0 Å². The Kier molecular flexibility index (Phi) is 17.1. The van der Waals surface area contributed by atoms with Gasteiger partial charge in [0.15, 0.2) is 0 Å². The number of benzene rings is 1. The molecule has 1 aromatic carbocycles. The topological polar surface area (TPSA) is 63.4 Å². The number of carbonyl (C=O) groups is 1. The van der Waals surface area contributed by atoms with Crippen molar-refractivity contribution in [2.45, 2.75) is 29.7 Å². The highest BCUT2D eigenvalue weighted by atomic mass is 35.9. The Bertz CT molecular complexity index is 707. The van der Waals surface area contributed by atoms with E-state index in [9.17, 15) is 4.79 Å². The van der Waals surface area contributed by atoms with Crippen LogP contribution in [0.25, 0.3) is 0 Å². The van der Waals surface area contributed by atoms with Crippen LogP contribution in [0.2, 0.25) is 0 Å². The third kappa shape index (κ3) is 10.4. The largest absolute Gasteiger partial charge is 0.431 e. The van der Waals surface area contributed by atoms with Gasteiger partial charge >= 0.3 is 6.78 Å². The van der Waals surface area contributed by atoms with Gasteiger partial charge in [-0.2, -0.15) is 23.4 Å². The number of hydrogen-bond donors (Lipinski definition) is 0. The smallest absolute Gasteiger partial charge is 0.350 e. The van der Waals surface area contributed by atoms with Crippen LogP contribution < -0.4 is 4.52 Å². The Morgan fingerprint density at radius 3 is 1.64 bits per heavy atom. The van der Waals surface area contributed by atoms with Gasteiger partial charge in [-0.1, -0.05) is 29.7 Å². The van der Waals surface area contributed by atoms with Crippen LogP contribution in [0, 0.1) is 0 Å². The summed E-state index contributed by atoms with van der Waals surface area (Å²) in [7, 11) is 0. The molecule has 5 nitrogen and oxygen atoms in total. The summed E-state index contributed by atoms with van der Waals surface area (Å²) >= 11 is 29.9. The molecule has 0 aliphatic carbocycles. The molecule has 1 aliphatic rings. The van der Waals surface area contributed by atoms with Crippen molar-refractivity contribution < 1.29 is 9.32 Å². The van der Waals surface area contributed by atoms with Crippen molar-refractivity contribution in [1.29, 1.82) is 0 Å². The van der Waals surface area contributed by atoms with E-state index in [4.69, 9.17) is 60.7 Å². The molecular weight excluding hydrogens is 507 g/mol. The van der Waals surface area contributed by atoms with Gasteiger partial charge in [0.2, 0.25) is 0 Å². The minimum atomic E-state index is -3.24. The van der Waals surface area contributed by atoms with Gasteiger partial charge in [-0.25, -0.2) is 0 Å². The van der Waals surface area contributed by atoms with Gasteiger partial charge in [0.25, 0.3) is 11.8 Å². The van der Waals surface area contributed by atoms with Gasteiger partial charge in [0.05, 0.1) is 0 Å². The minimum absolute atomic E-state index is 0. The summed E-state index contributed by atoms with van der Waals surface area (Å²) in [6.07, 6.45) is 0.700. The van der Waals surface area contributed by atoms with Crippen molar-refractivity contribution in [3.05, 3.63) is 29.8 Å². The molecule has 150 valence electrons. The van der Waals surface area contributed by atoms with Crippen molar-refractivity contribution in [2.75, 3.05) is 0 Å². The van der Waals surface area contributed by atoms with Gasteiger partial charge in [0.1, 0.15) is 12.0 Å². The Morgan fingerprint density at radius 2 is 1.24 bits per heavy atom. The van der Waals surface area contributed by atoms with E-state index in [0.717, 1.165) is 0 Å². The van der Waals surface area contributed by atoms with Crippen LogP contribution >= 0.6 is 84.7 Å². The predicted molar refractivity (Wildman–Crippen MR) is 128 cm³/mol. The number of aldehydes is 1. The summed E-state index contributed by atoms with van der Waals surface area (Å²) in [4.78, 5) is 10.6. The lowest BCUT2D eigenvalue weighted by atomic mass is 10.2. The average Bonchev–Trinajstić information content (AvgIpc) is 2.24. The summed E-state index contributed by atoms with van der Waals surface area (Å²) in [5, 5.41) is 0. The zero-order valence-electron chi connectivity index (χ0n) is 9.98. The van der Waals surface area contributed by atoms with Crippen LogP contribution in [0.4, 0.5) is 0 Å². The Hall–Kier alpha value is 1.26. The molecule has 0 saturated carbocycles. The van der Waals surface area contributed by atoms with Gasteiger partial charge in [0, 0.05) is 5.56 Å². The summed E-state index contributed by atoms with van der Waals surface area (Å²) in [6, 6.07) is 6.17. The molecule has 0 radical (unpaired) electrons. The molecular formula is C11H24Cl5N3O2P4. The highest BCUT2D eigenvalue weighted by Crippen LogP contribution is 2.86. The number of carbonyl (C=O) groups excluding carboxylic acids is 1. The highest BCUT2D eigenvalue weighted by Gasteiger charge is 2.34. The van der Waals surface area contributed by atoms with E-state index in [2.05, 4.69) is 13.5 Å². The molecule has 0 amide bonds. The summed E-state index contributed by atoms with van der Waals surface area (Å²) < 4.78 is 17.1. The van der Waals surface area contributed by atoms with Crippen LogP contribution in [0.3, 0.4) is 0 Å². The van der Waals surface area contributed by atoms with Gasteiger partial charge in [-0.15, -0.1) is 0 Å². The molecule has 0 saturated heterocycles.